The van der Waals surface area contributed by atoms with Crippen LogP contribution in [0.25, 0.3) is 11.0 Å². The van der Waals surface area contributed by atoms with Gasteiger partial charge in [0.05, 0.1) is 5.39 Å². The smallest absolute Gasteiger partial charge is 0.291 e. The Labute approximate surface area is 155 Å². The zero-order valence-electron chi connectivity index (χ0n) is 14.6. The Morgan fingerprint density at radius 1 is 1.00 bits per heavy atom. The molecule has 4 rings (SSSR count). The van der Waals surface area contributed by atoms with Crippen LogP contribution >= 0.6 is 0 Å². The van der Waals surface area contributed by atoms with Crippen LogP contribution in [0.15, 0.2) is 63.8 Å². The van der Waals surface area contributed by atoms with Gasteiger partial charge < -0.3 is 14.6 Å². The van der Waals surface area contributed by atoms with Crippen molar-refractivity contribution in [3.63, 3.8) is 0 Å². The fourth-order valence-corrected chi connectivity index (χ4v) is 3.21. The number of fused-ring (bicyclic) bond motifs is 1. The van der Waals surface area contributed by atoms with E-state index >= 15 is 0 Å². The highest BCUT2D eigenvalue weighted by Crippen LogP contribution is 2.23. The van der Waals surface area contributed by atoms with Gasteiger partial charge in [-0.25, -0.2) is 0 Å². The molecule has 0 radical (unpaired) electrons. The second-order valence-electron chi connectivity index (χ2n) is 6.47. The summed E-state index contributed by atoms with van der Waals surface area (Å²) in [5, 5.41) is 3.15. The standard InChI is InChI=1S/C21H18N2O4/c24-17-13-19(27-18-6-2-1-5-16(17)18)21(26)22-14-8-10-15(11-9-14)23-12-4-3-7-20(23)25/h1-2,5-6,8-11,13H,3-4,7,12H2,(H,22,26). The van der Waals surface area contributed by atoms with Crippen LogP contribution < -0.4 is 15.6 Å². The van der Waals surface area contributed by atoms with E-state index in [-0.39, 0.29) is 17.1 Å². The first-order valence-corrected chi connectivity index (χ1v) is 8.86. The normalized spacial score (nSPS) is 14.4. The minimum atomic E-state index is -0.500. The van der Waals surface area contributed by atoms with Crippen LogP contribution in [-0.4, -0.2) is 18.4 Å². The van der Waals surface area contributed by atoms with Crippen LogP contribution in [0.1, 0.15) is 29.8 Å². The summed E-state index contributed by atoms with van der Waals surface area (Å²) in [4.78, 5) is 38.3. The van der Waals surface area contributed by atoms with Gasteiger partial charge in [0.15, 0.2) is 11.2 Å². The number of rotatable bonds is 3. The summed E-state index contributed by atoms with van der Waals surface area (Å²) < 4.78 is 5.54. The Morgan fingerprint density at radius 2 is 1.78 bits per heavy atom. The van der Waals surface area contributed by atoms with Gasteiger partial charge in [-0.1, -0.05) is 12.1 Å². The molecule has 0 spiro atoms. The molecule has 6 heteroatoms. The number of nitrogens with zero attached hydrogens (tertiary/aromatic N) is 1. The van der Waals surface area contributed by atoms with Gasteiger partial charge in [-0.15, -0.1) is 0 Å². The van der Waals surface area contributed by atoms with Crippen molar-refractivity contribution in [2.75, 3.05) is 16.8 Å². The molecule has 0 bridgehead atoms. The fraction of sp³-hybridized carbons (Fsp3) is 0.190. The number of anilines is 2. The molecule has 1 N–H and O–H groups in total. The maximum Gasteiger partial charge on any atom is 0.291 e. The fourth-order valence-electron chi connectivity index (χ4n) is 3.21. The molecule has 136 valence electrons. The Kier molecular flexibility index (Phi) is 4.46. The Balaban J connectivity index is 1.53. The largest absolute Gasteiger partial charge is 0.451 e. The van der Waals surface area contributed by atoms with E-state index in [0.717, 1.165) is 18.5 Å². The van der Waals surface area contributed by atoms with Gasteiger partial charge in [-0.2, -0.15) is 0 Å². The number of para-hydroxylation sites is 1. The highest BCUT2D eigenvalue weighted by atomic mass is 16.3. The lowest BCUT2D eigenvalue weighted by Gasteiger charge is -2.26. The van der Waals surface area contributed by atoms with Gasteiger partial charge in [0.1, 0.15) is 5.58 Å². The zero-order valence-corrected chi connectivity index (χ0v) is 14.6. The molecule has 3 aromatic rings. The molecule has 1 aliphatic rings. The molecule has 0 aliphatic carbocycles. The lowest BCUT2D eigenvalue weighted by molar-refractivity contribution is -0.119. The number of carbonyl (C=O) groups is 2. The molecule has 2 amide bonds. The van der Waals surface area contributed by atoms with Crippen LogP contribution in [-0.2, 0) is 4.79 Å². The van der Waals surface area contributed by atoms with Crippen LogP contribution in [0.5, 0.6) is 0 Å². The molecule has 1 aliphatic heterocycles. The molecular weight excluding hydrogens is 344 g/mol. The minimum absolute atomic E-state index is 0.0472. The van der Waals surface area contributed by atoms with Crippen molar-refractivity contribution < 1.29 is 14.0 Å². The lowest BCUT2D eigenvalue weighted by Crippen LogP contribution is -2.35. The molecule has 0 atom stereocenters. The van der Waals surface area contributed by atoms with Crippen LogP contribution in [0.3, 0.4) is 0 Å². The summed E-state index contributed by atoms with van der Waals surface area (Å²) >= 11 is 0. The van der Waals surface area contributed by atoms with E-state index in [2.05, 4.69) is 5.32 Å². The third kappa shape index (κ3) is 3.46. The van der Waals surface area contributed by atoms with Crippen LogP contribution in [0, 0.1) is 0 Å². The predicted octanol–water partition coefficient (Wildman–Crippen LogP) is 3.56. The van der Waals surface area contributed by atoms with Gasteiger partial charge in [-0.05, 0) is 49.2 Å². The highest BCUT2D eigenvalue weighted by molar-refractivity contribution is 6.03. The van der Waals surface area contributed by atoms with Gasteiger partial charge in [-0.3, -0.25) is 14.4 Å². The number of benzene rings is 2. The van der Waals surface area contributed by atoms with Gasteiger partial charge in [0.2, 0.25) is 5.91 Å². The Hall–Kier alpha value is -3.41. The van der Waals surface area contributed by atoms with Crippen molar-refractivity contribution in [3.05, 3.63) is 70.6 Å². The van der Waals surface area contributed by atoms with E-state index in [1.807, 2.05) is 0 Å². The van der Waals surface area contributed by atoms with Crippen molar-refractivity contribution in [2.45, 2.75) is 19.3 Å². The third-order valence-electron chi connectivity index (χ3n) is 4.62. The molecule has 6 nitrogen and oxygen atoms in total. The summed E-state index contributed by atoms with van der Waals surface area (Å²) in [5.41, 5.74) is 1.48. The first kappa shape index (κ1) is 17.0. The molecular formula is C21H18N2O4. The van der Waals surface area contributed by atoms with Gasteiger partial charge in [0.25, 0.3) is 5.91 Å². The maximum absolute atomic E-state index is 12.4. The van der Waals surface area contributed by atoms with Crippen molar-refractivity contribution in [2.24, 2.45) is 0 Å². The molecule has 1 fully saturated rings. The van der Waals surface area contributed by atoms with Gasteiger partial charge >= 0.3 is 0 Å². The molecule has 27 heavy (non-hydrogen) atoms. The molecule has 2 heterocycles. The topological polar surface area (TPSA) is 79.6 Å². The quantitative estimate of drug-likeness (QED) is 0.773. The monoisotopic (exact) mass is 362 g/mol. The average molecular weight is 362 g/mol. The summed E-state index contributed by atoms with van der Waals surface area (Å²) in [7, 11) is 0. The van der Waals surface area contributed by atoms with Crippen molar-refractivity contribution in [1.82, 2.24) is 0 Å². The molecule has 0 unspecified atom stereocenters. The maximum atomic E-state index is 12.4. The van der Waals surface area contributed by atoms with Gasteiger partial charge in [0, 0.05) is 30.4 Å². The first-order chi connectivity index (χ1) is 13.1. The molecule has 2 aromatic carbocycles. The summed E-state index contributed by atoms with van der Waals surface area (Å²) in [6, 6.07) is 15.0. The Morgan fingerprint density at radius 3 is 2.56 bits per heavy atom. The highest BCUT2D eigenvalue weighted by Gasteiger charge is 2.19. The molecule has 1 aromatic heterocycles. The number of nitrogens with one attached hydrogen (secondary N) is 1. The van der Waals surface area contributed by atoms with E-state index in [4.69, 9.17) is 4.42 Å². The summed E-state index contributed by atoms with van der Waals surface area (Å²) in [6.07, 6.45) is 2.49. The second-order valence-corrected chi connectivity index (χ2v) is 6.47. The number of carbonyl (C=O) groups excluding carboxylic acids is 2. The predicted molar refractivity (Wildman–Crippen MR) is 103 cm³/mol. The zero-order chi connectivity index (χ0) is 18.8. The van der Waals surface area contributed by atoms with Crippen molar-refractivity contribution >= 4 is 34.2 Å². The molecule has 1 saturated heterocycles. The van der Waals surface area contributed by atoms with Crippen LogP contribution in [0.4, 0.5) is 11.4 Å². The second kappa shape index (κ2) is 7.07. The van der Waals surface area contributed by atoms with E-state index in [0.29, 0.717) is 29.6 Å². The van der Waals surface area contributed by atoms with Crippen molar-refractivity contribution in [3.8, 4) is 0 Å². The lowest BCUT2D eigenvalue weighted by atomic mass is 10.1. The summed E-state index contributed by atoms with van der Waals surface area (Å²) in [5.74, 6) is -0.426. The van der Waals surface area contributed by atoms with E-state index in [1.54, 1.807) is 53.4 Å². The number of amides is 2. The first-order valence-electron chi connectivity index (χ1n) is 8.86. The molecule has 0 saturated carbocycles. The Bertz CT molecular complexity index is 1070. The number of hydrogen-bond acceptors (Lipinski definition) is 4. The van der Waals surface area contributed by atoms with E-state index < -0.39 is 5.91 Å². The van der Waals surface area contributed by atoms with Crippen molar-refractivity contribution in [1.29, 1.82) is 0 Å². The van der Waals surface area contributed by atoms with E-state index in [9.17, 15) is 14.4 Å². The average Bonchev–Trinajstić information content (AvgIpc) is 2.69. The summed E-state index contributed by atoms with van der Waals surface area (Å²) in [6.45, 7) is 0.715. The van der Waals surface area contributed by atoms with E-state index in [1.165, 1.54) is 6.07 Å². The number of hydrogen-bond donors (Lipinski definition) is 1. The SMILES string of the molecule is O=C(Nc1ccc(N2CCCCC2=O)cc1)c1cc(=O)c2ccccc2o1. The van der Waals surface area contributed by atoms with Crippen LogP contribution in [0.2, 0.25) is 0 Å². The minimum Gasteiger partial charge on any atom is -0.451 e. The third-order valence-corrected chi connectivity index (χ3v) is 4.62. The number of piperidine rings is 1.